The van der Waals surface area contributed by atoms with Crippen LogP contribution in [0.3, 0.4) is 0 Å². The summed E-state index contributed by atoms with van der Waals surface area (Å²) in [6.07, 6.45) is -2.09. The number of anilines is 2. The first kappa shape index (κ1) is 26.3. The van der Waals surface area contributed by atoms with Gasteiger partial charge in [0.05, 0.1) is 22.8 Å². The number of halogens is 4. The third-order valence-corrected chi connectivity index (χ3v) is 6.16. The average molecular weight is 528 g/mol. The SMILES string of the molecule is CC(NC(=O)c1ncnc(N)c1CN(C)C)c1ncc(C(=O)Nc2ccc(C(F)(F)F)c(Cl)c2)s1. The summed E-state index contributed by atoms with van der Waals surface area (Å²) in [6.45, 7) is 2.05. The highest BCUT2D eigenvalue weighted by molar-refractivity contribution is 7.13. The number of carbonyl (C=O) groups is 2. The quantitative estimate of drug-likeness (QED) is 0.424. The second-order valence-electron chi connectivity index (χ2n) is 7.73. The second kappa shape index (κ2) is 10.5. The van der Waals surface area contributed by atoms with E-state index >= 15 is 0 Å². The zero-order chi connectivity index (χ0) is 25.9. The highest BCUT2D eigenvalue weighted by Gasteiger charge is 2.33. The Hall–Kier alpha value is -3.29. The van der Waals surface area contributed by atoms with Crippen molar-refractivity contribution in [2.45, 2.75) is 25.7 Å². The molecule has 0 saturated carbocycles. The number of benzene rings is 1. The van der Waals surface area contributed by atoms with Gasteiger partial charge in [0.2, 0.25) is 0 Å². The average Bonchev–Trinajstić information content (AvgIpc) is 3.24. The number of aromatic nitrogens is 3. The molecule has 0 aliphatic rings. The standard InChI is InChI=1S/C21H21ClF3N7O2S/c1-10(30-19(34)16-12(8-32(2)3)17(26)29-9-28-16)20-27-7-15(35-20)18(33)31-11-4-5-13(14(22)6-11)21(23,24)25/h4-7,9-10H,8H2,1-3H3,(H,30,34)(H,31,33)(H2,26,28,29). The number of rotatable bonds is 7. The summed E-state index contributed by atoms with van der Waals surface area (Å²) in [7, 11) is 3.63. The van der Waals surface area contributed by atoms with E-state index in [4.69, 9.17) is 17.3 Å². The molecular weight excluding hydrogens is 507 g/mol. The monoisotopic (exact) mass is 527 g/mol. The van der Waals surface area contributed by atoms with Crippen molar-refractivity contribution in [3.8, 4) is 0 Å². The second-order valence-corrected chi connectivity index (χ2v) is 9.20. The summed E-state index contributed by atoms with van der Waals surface area (Å²) >= 11 is 6.71. The molecule has 0 aliphatic heterocycles. The number of thiazole rings is 1. The van der Waals surface area contributed by atoms with Crippen LogP contribution in [-0.2, 0) is 12.7 Å². The summed E-state index contributed by atoms with van der Waals surface area (Å²) in [5.41, 5.74) is 5.62. The molecule has 1 unspecified atom stereocenters. The molecule has 3 aromatic rings. The van der Waals surface area contributed by atoms with Gasteiger partial charge in [-0.05, 0) is 39.2 Å². The lowest BCUT2D eigenvalue weighted by atomic mass is 10.1. The van der Waals surface area contributed by atoms with E-state index in [0.717, 1.165) is 29.5 Å². The van der Waals surface area contributed by atoms with Crippen LogP contribution in [0.1, 0.15) is 49.3 Å². The first-order chi connectivity index (χ1) is 16.4. The number of nitrogens with one attached hydrogen (secondary N) is 2. The lowest BCUT2D eigenvalue weighted by Gasteiger charge is -2.16. The van der Waals surface area contributed by atoms with E-state index in [2.05, 4.69) is 25.6 Å². The van der Waals surface area contributed by atoms with Crippen LogP contribution >= 0.6 is 22.9 Å². The fourth-order valence-electron chi connectivity index (χ4n) is 3.03. The van der Waals surface area contributed by atoms with Crippen LogP contribution in [-0.4, -0.2) is 45.8 Å². The molecule has 0 aliphatic carbocycles. The van der Waals surface area contributed by atoms with Crippen LogP contribution in [0, 0.1) is 0 Å². The highest BCUT2D eigenvalue weighted by Crippen LogP contribution is 2.36. The van der Waals surface area contributed by atoms with Crippen LogP contribution < -0.4 is 16.4 Å². The zero-order valence-corrected chi connectivity index (χ0v) is 20.3. The Bertz CT molecular complexity index is 1250. The Kier molecular flexibility index (Phi) is 7.93. The number of nitrogen functional groups attached to an aromatic ring is 1. The van der Waals surface area contributed by atoms with E-state index in [1.54, 1.807) is 6.92 Å². The molecule has 0 saturated heterocycles. The van der Waals surface area contributed by atoms with Crippen molar-refractivity contribution in [1.82, 2.24) is 25.2 Å². The lowest BCUT2D eigenvalue weighted by Crippen LogP contribution is -2.30. The van der Waals surface area contributed by atoms with E-state index in [0.29, 0.717) is 17.1 Å². The Morgan fingerprint density at radius 3 is 2.54 bits per heavy atom. The molecule has 0 spiro atoms. The van der Waals surface area contributed by atoms with Gasteiger partial charge in [-0.25, -0.2) is 15.0 Å². The van der Waals surface area contributed by atoms with E-state index in [1.165, 1.54) is 12.5 Å². The van der Waals surface area contributed by atoms with Crippen molar-refractivity contribution in [3.63, 3.8) is 0 Å². The van der Waals surface area contributed by atoms with Gasteiger partial charge in [-0.3, -0.25) is 9.59 Å². The molecule has 0 radical (unpaired) electrons. The molecule has 9 nitrogen and oxygen atoms in total. The van der Waals surface area contributed by atoms with Gasteiger partial charge in [-0.15, -0.1) is 11.3 Å². The Labute approximate surface area is 207 Å². The van der Waals surface area contributed by atoms with E-state index in [1.807, 2.05) is 19.0 Å². The normalized spacial score (nSPS) is 12.5. The molecule has 1 aromatic carbocycles. The summed E-state index contributed by atoms with van der Waals surface area (Å²) < 4.78 is 38.6. The summed E-state index contributed by atoms with van der Waals surface area (Å²) in [4.78, 5) is 39.6. The Morgan fingerprint density at radius 1 is 1.20 bits per heavy atom. The summed E-state index contributed by atoms with van der Waals surface area (Å²) in [5.74, 6) is -0.868. The Balaban J connectivity index is 1.70. The molecule has 2 amide bonds. The van der Waals surface area contributed by atoms with Gasteiger partial charge in [-0.1, -0.05) is 11.6 Å². The van der Waals surface area contributed by atoms with Crippen LogP contribution in [0.4, 0.5) is 24.7 Å². The molecule has 0 fully saturated rings. The van der Waals surface area contributed by atoms with Gasteiger partial charge in [0.25, 0.3) is 11.8 Å². The first-order valence-corrected chi connectivity index (χ1v) is 11.2. The van der Waals surface area contributed by atoms with Crippen LogP contribution in [0.5, 0.6) is 0 Å². The largest absolute Gasteiger partial charge is 0.417 e. The number of hydrogen-bond donors (Lipinski definition) is 3. The molecule has 3 rings (SSSR count). The third kappa shape index (κ3) is 6.44. The highest BCUT2D eigenvalue weighted by atomic mass is 35.5. The fraction of sp³-hybridized carbons (Fsp3) is 0.286. The third-order valence-electron chi connectivity index (χ3n) is 4.67. The maximum absolute atomic E-state index is 12.9. The van der Waals surface area contributed by atoms with Crippen molar-refractivity contribution >= 4 is 46.3 Å². The fourth-order valence-corrected chi connectivity index (χ4v) is 4.13. The van der Waals surface area contributed by atoms with Gasteiger partial charge in [-0.2, -0.15) is 13.2 Å². The number of alkyl halides is 3. The number of nitrogens with two attached hydrogens (primary N) is 1. The van der Waals surface area contributed by atoms with E-state index < -0.39 is 34.6 Å². The van der Waals surface area contributed by atoms with Gasteiger partial charge >= 0.3 is 6.18 Å². The smallest absolute Gasteiger partial charge is 0.383 e. The molecule has 35 heavy (non-hydrogen) atoms. The van der Waals surface area contributed by atoms with Crippen molar-refractivity contribution in [3.05, 3.63) is 62.5 Å². The van der Waals surface area contributed by atoms with Gasteiger partial charge < -0.3 is 21.3 Å². The molecule has 14 heteroatoms. The number of hydrogen-bond acceptors (Lipinski definition) is 8. The number of amides is 2. The van der Waals surface area contributed by atoms with Gasteiger partial charge in [0, 0.05) is 17.8 Å². The van der Waals surface area contributed by atoms with Crippen LogP contribution in [0.25, 0.3) is 0 Å². The van der Waals surface area contributed by atoms with Crippen molar-refractivity contribution in [1.29, 1.82) is 0 Å². The van der Waals surface area contributed by atoms with Crippen molar-refractivity contribution in [2.75, 3.05) is 25.1 Å². The van der Waals surface area contributed by atoms with Crippen LogP contribution in [0.2, 0.25) is 5.02 Å². The summed E-state index contributed by atoms with van der Waals surface area (Å²) in [5, 5.41) is 5.16. The van der Waals surface area contributed by atoms with Crippen molar-refractivity contribution in [2.24, 2.45) is 0 Å². The van der Waals surface area contributed by atoms with Gasteiger partial charge in [0.1, 0.15) is 27.7 Å². The molecule has 2 heterocycles. The first-order valence-electron chi connectivity index (χ1n) is 10.1. The van der Waals surface area contributed by atoms with Gasteiger partial charge in [0.15, 0.2) is 0 Å². The maximum atomic E-state index is 12.9. The molecule has 1 atom stereocenters. The molecule has 186 valence electrons. The minimum absolute atomic E-state index is 0.0964. The minimum atomic E-state index is -4.60. The molecule has 4 N–H and O–H groups in total. The molecule has 0 bridgehead atoms. The number of carbonyl (C=O) groups excluding carboxylic acids is 2. The summed E-state index contributed by atoms with van der Waals surface area (Å²) in [6, 6.07) is 2.35. The Morgan fingerprint density at radius 2 is 1.91 bits per heavy atom. The lowest BCUT2D eigenvalue weighted by molar-refractivity contribution is -0.137. The van der Waals surface area contributed by atoms with E-state index in [-0.39, 0.29) is 22.1 Å². The topological polar surface area (TPSA) is 126 Å². The molecule has 2 aromatic heterocycles. The molecular formula is C21H21ClF3N7O2S. The minimum Gasteiger partial charge on any atom is -0.383 e. The van der Waals surface area contributed by atoms with Crippen molar-refractivity contribution < 1.29 is 22.8 Å². The predicted octanol–water partition coefficient (Wildman–Crippen LogP) is 3.99. The predicted molar refractivity (Wildman–Crippen MR) is 126 cm³/mol. The zero-order valence-electron chi connectivity index (χ0n) is 18.8. The van der Waals surface area contributed by atoms with Crippen LogP contribution in [0.15, 0.2) is 30.7 Å². The van der Waals surface area contributed by atoms with E-state index in [9.17, 15) is 22.8 Å². The maximum Gasteiger partial charge on any atom is 0.417 e. The number of nitrogens with zero attached hydrogens (tertiary/aromatic N) is 4.